The lowest BCUT2D eigenvalue weighted by atomic mass is 10.1. The minimum absolute atomic E-state index is 0.0601. The Morgan fingerprint density at radius 1 is 1.38 bits per heavy atom. The second-order valence-corrected chi connectivity index (χ2v) is 7.59. The van der Waals surface area contributed by atoms with Crippen molar-refractivity contribution in [2.75, 3.05) is 18.4 Å². The minimum atomic E-state index is -0.573. The Balaban J connectivity index is 1.61. The first kappa shape index (κ1) is 18.4. The van der Waals surface area contributed by atoms with Gasteiger partial charge in [0.1, 0.15) is 10.9 Å². The van der Waals surface area contributed by atoms with Crippen LogP contribution in [0.5, 0.6) is 0 Å². The molecular formula is C17H20N4O4S. The van der Waals surface area contributed by atoms with Gasteiger partial charge >= 0.3 is 0 Å². The summed E-state index contributed by atoms with van der Waals surface area (Å²) >= 11 is 1.31. The van der Waals surface area contributed by atoms with Gasteiger partial charge in [-0.1, -0.05) is 17.8 Å². The Morgan fingerprint density at radius 2 is 2.12 bits per heavy atom. The fourth-order valence-electron chi connectivity index (χ4n) is 3.00. The SMILES string of the molecule is Cc1ccc(NC(=O)C[C@H]2SC(N3CCCCC3)=NC2=O)c([N+](=O)[O-])c1. The van der Waals surface area contributed by atoms with E-state index in [4.69, 9.17) is 0 Å². The first-order valence-corrected chi connectivity index (χ1v) is 9.41. The lowest BCUT2D eigenvalue weighted by molar-refractivity contribution is -0.384. The quantitative estimate of drug-likeness (QED) is 0.640. The summed E-state index contributed by atoms with van der Waals surface area (Å²) in [5.41, 5.74) is 0.711. The van der Waals surface area contributed by atoms with E-state index in [1.807, 2.05) is 0 Å². The maximum atomic E-state index is 12.3. The van der Waals surface area contributed by atoms with E-state index >= 15 is 0 Å². The van der Waals surface area contributed by atoms with Crippen LogP contribution in [-0.4, -0.2) is 45.1 Å². The summed E-state index contributed by atoms with van der Waals surface area (Å²) in [5.74, 6) is -0.748. The second-order valence-electron chi connectivity index (χ2n) is 6.42. The summed E-state index contributed by atoms with van der Waals surface area (Å²) in [4.78, 5) is 41.2. The highest BCUT2D eigenvalue weighted by Gasteiger charge is 2.33. The topological polar surface area (TPSA) is 105 Å². The molecule has 26 heavy (non-hydrogen) atoms. The van der Waals surface area contributed by atoms with Crippen LogP contribution in [0.25, 0.3) is 0 Å². The molecule has 0 radical (unpaired) electrons. The van der Waals surface area contributed by atoms with Crippen molar-refractivity contribution >= 4 is 40.1 Å². The third-order valence-electron chi connectivity index (χ3n) is 4.35. The molecule has 1 aromatic carbocycles. The average molecular weight is 376 g/mol. The van der Waals surface area contributed by atoms with Crippen LogP contribution in [0.2, 0.25) is 0 Å². The van der Waals surface area contributed by atoms with Gasteiger partial charge in [-0.05, 0) is 37.8 Å². The molecule has 8 nitrogen and oxygen atoms in total. The number of nitro benzene ring substituents is 1. The Kier molecular flexibility index (Phi) is 5.55. The summed E-state index contributed by atoms with van der Waals surface area (Å²) in [6.45, 7) is 3.51. The fraction of sp³-hybridized carbons (Fsp3) is 0.471. The number of aryl methyl sites for hydroxylation is 1. The number of anilines is 1. The molecule has 0 spiro atoms. The van der Waals surface area contributed by atoms with Gasteiger partial charge in [-0.3, -0.25) is 19.7 Å². The van der Waals surface area contributed by atoms with Crippen LogP contribution in [0.15, 0.2) is 23.2 Å². The number of thioether (sulfide) groups is 1. The zero-order valence-electron chi connectivity index (χ0n) is 14.4. The zero-order valence-corrected chi connectivity index (χ0v) is 15.3. The molecule has 2 aliphatic heterocycles. The number of nitrogens with one attached hydrogen (secondary N) is 1. The molecule has 0 aromatic heterocycles. The van der Waals surface area contributed by atoms with Crippen LogP contribution >= 0.6 is 11.8 Å². The van der Waals surface area contributed by atoms with Gasteiger partial charge in [0.15, 0.2) is 5.17 Å². The van der Waals surface area contributed by atoms with Gasteiger partial charge in [-0.15, -0.1) is 0 Å². The number of piperidine rings is 1. The fourth-order valence-corrected chi connectivity index (χ4v) is 4.11. The van der Waals surface area contributed by atoms with E-state index in [1.165, 1.54) is 30.3 Å². The van der Waals surface area contributed by atoms with E-state index in [1.54, 1.807) is 13.0 Å². The third-order valence-corrected chi connectivity index (χ3v) is 5.56. The highest BCUT2D eigenvalue weighted by molar-refractivity contribution is 8.15. The lowest BCUT2D eigenvalue weighted by Gasteiger charge is -2.27. The van der Waals surface area contributed by atoms with E-state index < -0.39 is 16.1 Å². The molecular weight excluding hydrogens is 356 g/mol. The number of aliphatic imine (C=N–C) groups is 1. The number of rotatable bonds is 4. The van der Waals surface area contributed by atoms with Crippen LogP contribution in [0.4, 0.5) is 11.4 Å². The van der Waals surface area contributed by atoms with Crippen LogP contribution < -0.4 is 5.32 Å². The molecule has 0 saturated carbocycles. The van der Waals surface area contributed by atoms with E-state index in [0.717, 1.165) is 31.5 Å². The molecule has 9 heteroatoms. The van der Waals surface area contributed by atoms with Crippen molar-refractivity contribution in [2.45, 2.75) is 37.9 Å². The van der Waals surface area contributed by atoms with E-state index in [0.29, 0.717) is 5.17 Å². The van der Waals surface area contributed by atoms with Gasteiger partial charge in [-0.2, -0.15) is 4.99 Å². The van der Waals surface area contributed by atoms with E-state index in [-0.39, 0.29) is 23.7 Å². The monoisotopic (exact) mass is 376 g/mol. The number of hydrogen-bond acceptors (Lipinski definition) is 6. The number of likely N-dealkylation sites (tertiary alicyclic amines) is 1. The van der Waals surface area contributed by atoms with Gasteiger partial charge in [0.05, 0.1) is 4.92 Å². The first-order valence-electron chi connectivity index (χ1n) is 8.53. The lowest BCUT2D eigenvalue weighted by Crippen LogP contribution is -2.33. The average Bonchev–Trinajstić information content (AvgIpc) is 2.97. The zero-order chi connectivity index (χ0) is 18.7. The molecule has 1 N–H and O–H groups in total. The largest absolute Gasteiger partial charge is 0.351 e. The molecule has 138 valence electrons. The van der Waals surface area contributed by atoms with Gasteiger partial charge in [-0.25, -0.2) is 0 Å². The Morgan fingerprint density at radius 3 is 2.81 bits per heavy atom. The molecule has 0 unspecified atom stereocenters. The number of nitrogens with zero attached hydrogens (tertiary/aromatic N) is 3. The van der Waals surface area contributed by atoms with Crippen molar-refractivity contribution < 1.29 is 14.5 Å². The predicted octanol–water partition coefficient (Wildman–Crippen LogP) is 2.72. The van der Waals surface area contributed by atoms with Crippen LogP contribution in [0, 0.1) is 17.0 Å². The Labute approximate surface area is 155 Å². The molecule has 3 rings (SSSR count). The number of benzene rings is 1. The van der Waals surface area contributed by atoms with Crippen molar-refractivity contribution in [3.63, 3.8) is 0 Å². The number of hydrogen-bond donors (Lipinski definition) is 1. The molecule has 1 fully saturated rings. The van der Waals surface area contributed by atoms with Crippen LogP contribution in [0.1, 0.15) is 31.2 Å². The minimum Gasteiger partial charge on any atom is -0.351 e. The van der Waals surface area contributed by atoms with Gasteiger partial charge in [0.2, 0.25) is 5.91 Å². The number of nitro groups is 1. The standard InChI is InChI=1S/C17H20N4O4S/c1-11-5-6-12(13(9-11)21(24)25)18-15(22)10-14-16(23)19-17(26-14)20-7-3-2-4-8-20/h5-6,9,14H,2-4,7-8,10H2,1H3,(H,18,22)/t14-/m1/s1. The van der Waals surface area contributed by atoms with Crippen LogP contribution in [0.3, 0.4) is 0 Å². The molecule has 0 aliphatic carbocycles. The van der Waals surface area contributed by atoms with Crippen molar-refractivity contribution in [1.29, 1.82) is 0 Å². The third kappa shape index (κ3) is 4.21. The summed E-state index contributed by atoms with van der Waals surface area (Å²) in [5, 5.41) is 13.8. The summed E-state index contributed by atoms with van der Waals surface area (Å²) < 4.78 is 0. The number of carbonyl (C=O) groups excluding carboxylic acids is 2. The maximum absolute atomic E-state index is 12.3. The first-order chi connectivity index (χ1) is 12.4. The van der Waals surface area contributed by atoms with Gasteiger partial charge in [0, 0.05) is 25.6 Å². The molecule has 0 bridgehead atoms. The summed E-state index contributed by atoms with van der Waals surface area (Å²) in [6.07, 6.45) is 3.28. The molecule has 2 heterocycles. The smallest absolute Gasteiger partial charge is 0.293 e. The van der Waals surface area contributed by atoms with Crippen molar-refractivity contribution in [2.24, 2.45) is 4.99 Å². The van der Waals surface area contributed by atoms with Gasteiger partial charge in [0.25, 0.3) is 11.6 Å². The van der Waals surface area contributed by atoms with Gasteiger partial charge < -0.3 is 10.2 Å². The molecule has 1 aromatic rings. The molecule has 1 atom stereocenters. The highest BCUT2D eigenvalue weighted by atomic mass is 32.2. The van der Waals surface area contributed by atoms with E-state index in [9.17, 15) is 19.7 Å². The molecule has 1 saturated heterocycles. The van der Waals surface area contributed by atoms with E-state index in [2.05, 4.69) is 15.2 Å². The Hall–Kier alpha value is -2.42. The molecule has 2 aliphatic rings. The maximum Gasteiger partial charge on any atom is 0.293 e. The normalized spacial score (nSPS) is 20.0. The second kappa shape index (κ2) is 7.86. The number of amidine groups is 1. The van der Waals surface area contributed by atoms with Crippen molar-refractivity contribution in [3.05, 3.63) is 33.9 Å². The highest BCUT2D eigenvalue weighted by Crippen LogP contribution is 2.30. The van der Waals surface area contributed by atoms with Crippen molar-refractivity contribution in [3.8, 4) is 0 Å². The Bertz CT molecular complexity index is 774. The predicted molar refractivity (Wildman–Crippen MR) is 100 cm³/mol. The molecule has 2 amide bonds. The summed E-state index contributed by atoms with van der Waals surface area (Å²) in [7, 11) is 0. The van der Waals surface area contributed by atoms with Crippen LogP contribution in [-0.2, 0) is 9.59 Å². The number of carbonyl (C=O) groups is 2. The summed E-state index contributed by atoms with van der Waals surface area (Å²) in [6, 6.07) is 4.60. The van der Waals surface area contributed by atoms with Crippen molar-refractivity contribution in [1.82, 2.24) is 4.90 Å². The number of amides is 2.